The molecule has 1 aromatic rings. The number of alkyl halides is 2. The molecule has 0 saturated carbocycles. The Bertz CT molecular complexity index is 625. The predicted molar refractivity (Wildman–Crippen MR) is 91.8 cm³/mol. The third-order valence-corrected chi connectivity index (χ3v) is 5.29. The van der Waals surface area contributed by atoms with Crippen LogP contribution in [0.4, 0.5) is 0 Å². The molecular weight excluding hydrogens is 472 g/mol. The summed E-state index contributed by atoms with van der Waals surface area (Å²) < 4.78 is 0.206. The topological polar surface area (TPSA) is 74.6 Å². The van der Waals surface area contributed by atoms with E-state index in [0.29, 0.717) is 11.1 Å². The zero-order valence-corrected chi connectivity index (χ0v) is 15.4. The summed E-state index contributed by atoms with van der Waals surface area (Å²) >= 11 is 9.98. The maximum absolute atomic E-state index is 11.4. The molecule has 2 N–H and O–H groups in total. The summed E-state index contributed by atoms with van der Waals surface area (Å²) in [6.07, 6.45) is 3.17. The minimum Gasteiger partial charge on any atom is -0.478 e. The molecule has 21 heavy (non-hydrogen) atoms. The molecule has 0 spiro atoms. The Morgan fingerprint density at radius 1 is 1.10 bits per heavy atom. The second kappa shape index (κ2) is 7.38. The van der Waals surface area contributed by atoms with E-state index in [1.165, 1.54) is 6.07 Å². The first-order valence-electron chi connectivity index (χ1n) is 5.62. The minimum atomic E-state index is -1.32. The number of allylic oxidation sites excluding steroid dienone is 2. The van der Waals surface area contributed by atoms with Crippen molar-refractivity contribution in [2.75, 3.05) is 0 Å². The Kier molecular flexibility index (Phi) is 6.37. The van der Waals surface area contributed by atoms with Crippen molar-refractivity contribution in [3.05, 3.63) is 58.1 Å². The Balaban J connectivity index is 3.88. The fourth-order valence-corrected chi connectivity index (χ4v) is 3.85. The second-order valence-electron chi connectivity index (χ2n) is 4.00. The van der Waals surface area contributed by atoms with E-state index in [2.05, 4.69) is 60.9 Å². The summed E-state index contributed by atoms with van der Waals surface area (Å²) in [5, 5.41) is 18.5. The van der Waals surface area contributed by atoms with Crippen LogP contribution in [0.2, 0.25) is 0 Å². The SMILES string of the molecule is C=CC(Br)c1cc(C(=O)O)c(C(=O)O)c(Br)c1C(Br)C=C. The summed E-state index contributed by atoms with van der Waals surface area (Å²) in [6, 6.07) is 1.34. The molecule has 0 bridgehead atoms. The van der Waals surface area contributed by atoms with Crippen LogP contribution in [0, 0.1) is 0 Å². The van der Waals surface area contributed by atoms with Gasteiger partial charge in [0.2, 0.25) is 0 Å². The van der Waals surface area contributed by atoms with E-state index >= 15 is 0 Å². The first-order chi connectivity index (χ1) is 9.76. The van der Waals surface area contributed by atoms with Crippen molar-refractivity contribution in [3.63, 3.8) is 0 Å². The molecule has 0 aliphatic rings. The van der Waals surface area contributed by atoms with E-state index in [1.807, 2.05) is 0 Å². The molecule has 1 rings (SSSR count). The van der Waals surface area contributed by atoms with E-state index in [-0.39, 0.29) is 25.3 Å². The number of rotatable bonds is 6. The van der Waals surface area contributed by atoms with Crippen LogP contribution in [-0.4, -0.2) is 22.2 Å². The highest BCUT2D eigenvalue weighted by atomic mass is 79.9. The van der Waals surface area contributed by atoms with E-state index in [4.69, 9.17) is 0 Å². The smallest absolute Gasteiger partial charge is 0.337 e. The van der Waals surface area contributed by atoms with Crippen molar-refractivity contribution in [2.45, 2.75) is 9.65 Å². The van der Waals surface area contributed by atoms with Gasteiger partial charge in [-0.05, 0) is 33.1 Å². The Hall–Kier alpha value is -0.920. The van der Waals surface area contributed by atoms with Crippen molar-refractivity contribution in [1.29, 1.82) is 0 Å². The number of carboxylic acids is 2. The molecular formula is C14H11Br3O4. The highest BCUT2D eigenvalue weighted by Crippen LogP contribution is 2.42. The molecule has 0 saturated heterocycles. The lowest BCUT2D eigenvalue weighted by atomic mass is 9.94. The summed E-state index contributed by atoms with van der Waals surface area (Å²) in [5.74, 6) is -2.63. The van der Waals surface area contributed by atoms with Crippen LogP contribution in [0.25, 0.3) is 0 Å². The average molecular weight is 483 g/mol. The molecule has 0 heterocycles. The third-order valence-electron chi connectivity index (χ3n) is 2.77. The molecule has 4 nitrogen and oxygen atoms in total. The van der Waals surface area contributed by atoms with Gasteiger partial charge in [-0.1, -0.05) is 44.0 Å². The Labute approximate surface area is 146 Å². The van der Waals surface area contributed by atoms with Crippen molar-refractivity contribution < 1.29 is 19.8 Å². The maximum Gasteiger partial charge on any atom is 0.337 e. The van der Waals surface area contributed by atoms with Crippen LogP contribution in [0.5, 0.6) is 0 Å². The fraction of sp³-hybridized carbons (Fsp3) is 0.143. The fourth-order valence-electron chi connectivity index (χ4n) is 1.82. The van der Waals surface area contributed by atoms with Gasteiger partial charge in [0.05, 0.1) is 20.8 Å². The number of halogens is 3. The second-order valence-corrected chi connectivity index (χ2v) is 6.77. The summed E-state index contributed by atoms with van der Waals surface area (Å²) in [6.45, 7) is 7.32. The first-order valence-corrected chi connectivity index (χ1v) is 8.24. The van der Waals surface area contributed by atoms with Gasteiger partial charge in [0.25, 0.3) is 0 Å². The molecule has 2 atom stereocenters. The van der Waals surface area contributed by atoms with Gasteiger partial charge in [0.1, 0.15) is 0 Å². The lowest BCUT2D eigenvalue weighted by Gasteiger charge is -2.20. The van der Waals surface area contributed by atoms with Crippen molar-refractivity contribution in [2.24, 2.45) is 0 Å². The molecule has 0 aliphatic heterocycles. The molecule has 0 aromatic heterocycles. The number of benzene rings is 1. The van der Waals surface area contributed by atoms with E-state index in [0.717, 1.165) is 0 Å². The molecule has 0 aliphatic carbocycles. The summed E-state index contributed by atoms with van der Waals surface area (Å²) in [7, 11) is 0. The highest BCUT2D eigenvalue weighted by molar-refractivity contribution is 9.11. The van der Waals surface area contributed by atoms with Crippen molar-refractivity contribution >= 4 is 59.7 Å². The van der Waals surface area contributed by atoms with Gasteiger partial charge in [-0.2, -0.15) is 0 Å². The van der Waals surface area contributed by atoms with Gasteiger partial charge < -0.3 is 10.2 Å². The first kappa shape index (κ1) is 18.1. The standard InChI is InChI=1S/C14H11Br3O4/c1-3-8(15)6-5-7(13(18)19)11(14(20)21)12(17)10(6)9(16)4-2/h3-5,8-9H,1-2H2,(H,18,19)(H,20,21). The van der Waals surface area contributed by atoms with Crippen molar-refractivity contribution in [3.8, 4) is 0 Å². The zero-order valence-electron chi connectivity index (χ0n) is 10.6. The highest BCUT2D eigenvalue weighted by Gasteiger charge is 2.28. The summed E-state index contributed by atoms with van der Waals surface area (Å²) in [4.78, 5) is 22.1. The van der Waals surface area contributed by atoms with Gasteiger partial charge in [0.15, 0.2) is 0 Å². The molecule has 7 heteroatoms. The molecule has 0 fully saturated rings. The number of aromatic carboxylic acids is 2. The molecule has 2 unspecified atom stereocenters. The van der Waals surface area contributed by atoms with Crippen LogP contribution >= 0.6 is 47.8 Å². The normalized spacial score (nSPS) is 13.3. The summed E-state index contributed by atoms with van der Waals surface area (Å²) in [5.41, 5.74) is 0.606. The molecule has 0 radical (unpaired) electrons. The van der Waals surface area contributed by atoms with Gasteiger partial charge in [0, 0.05) is 4.47 Å². The van der Waals surface area contributed by atoms with Crippen molar-refractivity contribution in [1.82, 2.24) is 0 Å². The molecule has 112 valence electrons. The monoisotopic (exact) mass is 480 g/mol. The van der Waals surface area contributed by atoms with Crippen LogP contribution in [0.1, 0.15) is 41.5 Å². The van der Waals surface area contributed by atoms with E-state index < -0.39 is 11.9 Å². The minimum absolute atomic E-state index is 0.206. The van der Waals surface area contributed by atoms with Gasteiger partial charge >= 0.3 is 11.9 Å². The average Bonchev–Trinajstić information content (AvgIpc) is 2.43. The van der Waals surface area contributed by atoms with Crippen LogP contribution in [-0.2, 0) is 0 Å². The Morgan fingerprint density at radius 3 is 2.00 bits per heavy atom. The zero-order chi connectivity index (χ0) is 16.3. The number of carboxylic acid groups (broad SMARTS) is 2. The van der Waals surface area contributed by atoms with Crippen LogP contribution in [0.15, 0.2) is 35.8 Å². The lowest BCUT2D eigenvalue weighted by Crippen LogP contribution is -2.13. The number of carbonyl (C=O) groups is 2. The predicted octanol–water partition coefficient (Wildman–Crippen LogP) is 5.09. The maximum atomic E-state index is 11.4. The Morgan fingerprint density at radius 2 is 1.62 bits per heavy atom. The quantitative estimate of drug-likeness (QED) is 0.437. The number of hydrogen-bond donors (Lipinski definition) is 2. The van der Waals surface area contributed by atoms with E-state index in [9.17, 15) is 19.8 Å². The van der Waals surface area contributed by atoms with Gasteiger partial charge in [-0.3, -0.25) is 0 Å². The number of hydrogen-bond acceptors (Lipinski definition) is 2. The largest absolute Gasteiger partial charge is 0.478 e. The molecule has 1 aromatic carbocycles. The third kappa shape index (κ3) is 3.64. The lowest BCUT2D eigenvalue weighted by molar-refractivity contribution is 0.0650. The van der Waals surface area contributed by atoms with Crippen LogP contribution in [0.3, 0.4) is 0 Å². The molecule has 0 amide bonds. The van der Waals surface area contributed by atoms with E-state index in [1.54, 1.807) is 12.2 Å². The van der Waals surface area contributed by atoms with Crippen LogP contribution < -0.4 is 0 Å². The van der Waals surface area contributed by atoms with Gasteiger partial charge in [-0.15, -0.1) is 13.2 Å². The van der Waals surface area contributed by atoms with Gasteiger partial charge in [-0.25, -0.2) is 9.59 Å².